The lowest BCUT2D eigenvalue weighted by molar-refractivity contribution is -0.137. The molecule has 1 aromatic carbocycles. The van der Waals surface area contributed by atoms with Gasteiger partial charge in [0.2, 0.25) is 0 Å². The molecule has 7 heteroatoms. The molecule has 0 aliphatic heterocycles. The Balaban J connectivity index is 2.90. The maximum Gasteiger partial charge on any atom is 0.416 e. The van der Waals surface area contributed by atoms with Crippen molar-refractivity contribution in [2.45, 2.75) is 32.5 Å². The number of aryl methyl sites for hydroxylation is 1. The van der Waals surface area contributed by atoms with Gasteiger partial charge in [0.1, 0.15) is 0 Å². The number of halogens is 3. The quantitative estimate of drug-likeness (QED) is 0.801. The zero-order valence-corrected chi connectivity index (χ0v) is 11.4. The van der Waals surface area contributed by atoms with Crippen molar-refractivity contribution in [2.24, 2.45) is 0 Å². The molecule has 0 atom stereocenters. The molecule has 3 N–H and O–H groups in total. The molecule has 0 unspecified atom stereocenters. The van der Waals surface area contributed by atoms with Crippen LogP contribution in [-0.2, 0) is 6.18 Å². The van der Waals surface area contributed by atoms with Gasteiger partial charge in [-0.1, -0.05) is 6.07 Å². The van der Waals surface area contributed by atoms with Crippen LogP contribution in [0.15, 0.2) is 18.2 Å². The van der Waals surface area contributed by atoms with Crippen LogP contribution in [-0.4, -0.2) is 23.3 Å². The minimum atomic E-state index is -4.47. The standard InChI is InChI=1S/C13H17F3N2O2/c1-8-4-5-9(13(14,15)16)6-10(8)17-11(20)18-12(2,3)7-19/h4-6,19H,7H2,1-3H3,(H2,17,18,20). The van der Waals surface area contributed by atoms with Crippen molar-refractivity contribution in [2.75, 3.05) is 11.9 Å². The van der Waals surface area contributed by atoms with Crippen LogP contribution in [0.4, 0.5) is 23.7 Å². The molecule has 112 valence electrons. The number of alkyl halides is 3. The second-order valence-electron chi connectivity index (χ2n) is 5.15. The molecule has 0 radical (unpaired) electrons. The Bertz CT molecular complexity index is 499. The molecule has 0 aliphatic carbocycles. The van der Waals surface area contributed by atoms with E-state index in [4.69, 9.17) is 5.11 Å². The SMILES string of the molecule is Cc1ccc(C(F)(F)F)cc1NC(=O)NC(C)(C)CO. The molecule has 1 aromatic rings. The van der Waals surface area contributed by atoms with Gasteiger partial charge in [-0.3, -0.25) is 0 Å². The number of aliphatic hydroxyl groups excluding tert-OH is 1. The highest BCUT2D eigenvalue weighted by molar-refractivity contribution is 5.90. The molecule has 0 aliphatic rings. The Morgan fingerprint density at radius 1 is 1.30 bits per heavy atom. The Hall–Kier alpha value is -1.76. The third kappa shape index (κ3) is 4.41. The molecule has 0 bridgehead atoms. The number of benzene rings is 1. The molecule has 0 saturated carbocycles. The van der Waals surface area contributed by atoms with E-state index in [1.165, 1.54) is 6.07 Å². The molecule has 0 saturated heterocycles. The summed E-state index contributed by atoms with van der Waals surface area (Å²) < 4.78 is 37.8. The zero-order chi connectivity index (χ0) is 15.6. The number of aliphatic hydroxyl groups is 1. The summed E-state index contributed by atoms with van der Waals surface area (Å²) in [7, 11) is 0. The summed E-state index contributed by atoms with van der Waals surface area (Å²) in [5.41, 5.74) is -1.11. The largest absolute Gasteiger partial charge is 0.416 e. The predicted molar refractivity (Wildman–Crippen MR) is 69.5 cm³/mol. The summed E-state index contributed by atoms with van der Waals surface area (Å²) >= 11 is 0. The van der Waals surface area contributed by atoms with Crippen molar-refractivity contribution in [1.82, 2.24) is 5.32 Å². The number of rotatable bonds is 3. The lowest BCUT2D eigenvalue weighted by Crippen LogP contribution is -2.48. The van der Waals surface area contributed by atoms with Gasteiger partial charge >= 0.3 is 12.2 Å². The van der Waals surface area contributed by atoms with Crippen molar-refractivity contribution in [1.29, 1.82) is 0 Å². The first-order chi connectivity index (χ1) is 9.05. The van der Waals surface area contributed by atoms with E-state index < -0.39 is 23.3 Å². The van der Waals surface area contributed by atoms with Gasteiger partial charge in [-0.05, 0) is 38.5 Å². The van der Waals surface area contributed by atoms with Gasteiger partial charge in [0.25, 0.3) is 0 Å². The molecular formula is C13H17F3N2O2. The van der Waals surface area contributed by atoms with Crippen molar-refractivity contribution >= 4 is 11.7 Å². The lowest BCUT2D eigenvalue weighted by atomic mass is 10.1. The molecule has 0 fully saturated rings. The minimum absolute atomic E-state index is 0.0751. The average molecular weight is 290 g/mol. The molecule has 0 spiro atoms. The smallest absolute Gasteiger partial charge is 0.394 e. The normalized spacial score (nSPS) is 12.2. The monoisotopic (exact) mass is 290 g/mol. The Labute approximate surface area is 115 Å². The molecule has 0 aromatic heterocycles. The second-order valence-corrected chi connectivity index (χ2v) is 5.15. The van der Waals surface area contributed by atoms with E-state index in [0.29, 0.717) is 5.56 Å². The summed E-state index contributed by atoms with van der Waals surface area (Å²) in [4.78, 5) is 11.7. The zero-order valence-electron chi connectivity index (χ0n) is 11.4. The van der Waals surface area contributed by atoms with Gasteiger partial charge in [0, 0.05) is 5.69 Å². The van der Waals surface area contributed by atoms with Crippen LogP contribution >= 0.6 is 0 Å². The number of nitrogens with one attached hydrogen (secondary N) is 2. The van der Waals surface area contributed by atoms with E-state index in [1.807, 2.05) is 0 Å². The van der Waals surface area contributed by atoms with E-state index in [2.05, 4.69) is 10.6 Å². The highest BCUT2D eigenvalue weighted by Gasteiger charge is 2.31. The summed E-state index contributed by atoms with van der Waals surface area (Å²) in [6, 6.07) is 2.44. The second kappa shape index (κ2) is 5.70. The van der Waals surface area contributed by atoms with E-state index in [0.717, 1.165) is 12.1 Å². The molecule has 0 heterocycles. The fourth-order valence-corrected chi connectivity index (χ4v) is 1.43. The number of hydrogen-bond donors (Lipinski definition) is 3. The minimum Gasteiger partial charge on any atom is -0.394 e. The summed E-state index contributed by atoms with van der Waals surface area (Å²) in [6.45, 7) is 4.48. The average Bonchev–Trinajstić information content (AvgIpc) is 2.30. The topological polar surface area (TPSA) is 61.4 Å². The van der Waals surface area contributed by atoms with E-state index >= 15 is 0 Å². The molecule has 4 nitrogen and oxygen atoms in total. The Morgan fingerprint density at radius 2 is 1.90 bits per heavy atom. The van der Waals surface area contributed by atoms with Gasteiger partial charge < -0.3 is 15.7 Å². The van der Waals surface area contributed by atoms with Crippen molar-refractivity contribution in [3.63, 3.8) is 0 Å². The van der Waals surface area contributed by atoms with Gasteiger partial charge in [-0.25, -0.2) is 4.79 Å². The lowest BCUT2D eigenvalue weighted by Gasteiger charge is -2.24. The van der Waals surface area contributed by atoms with Crippen LogP contribution in [0.5, 0.6) is 0 Å². The molecule has 2 amide bonds. The highest BCUT2D eigenvalue weighted by Crippen LogP contribution is 2.32. The van der Waals surface area contributed by atoms with Crippen LogP contribution in [0.1, 0.15) is 25.0 Å². The Morgan fingerprint density at radius 3 is 2.40 bits per heavy atom. The third-order valence-corrected chi connectivity index (χ3v) is 2.66. The van der Waals surface area contributed by atoms with Crippen molar-refractivity contribution < 1.29 is 23.1 Å². The van der Waals surface area contributed by atoms with Gasteiger partial charge in [-0.2, -0.15) is 13.2 Å². The first-order valence-corrected chi connectivity index (χ1v) is 5.93. The van der Waals surface area contributed by atoms with Gasteiger partial charge in [0.15, 0.2) is 0 Å². The first kappa shape index (κ1) is 16.3. The van der Waals surface area contributed by atoms with Crippen LogP contribution in [0.2, 0.25) is 0 Å². The van der Waals surface area contributed by atoms with Crippen LogP contribution in [0, 0.1) is 6.92 Å². The number of amides is 2. The first-order valence-electron chi connectivity index (χ1n) is 5.93. The predicted octanol–water partition coefficient (Wildman–Crippen LogP) is 2.91. The van der Waals surface area contributed by atoms with Gasteiger partial charge in [-0.15, -0.1) is 0 Å². The van der Waals surface area contributed by atoms with E-state index in [1.54, 1.807) is 20.8 Å². The summed E-state index contributed by atoms with van der Waals surface area (Å²) in [5.74, 6) is 0. The summed E-state index contributed by atoms with van der Waals surface area (Å²) in [5, 5.41) is 13.8. The summed E-state index contributed by atoms with van der Waals surface area (Å²) in [6.07, 6.45) is -4.47. The Kier molecular flexibility index (Phi) is 4.65. The maximum atomic E-state index is 12.6. The number of carbonyl (C=O) groups excluding carboxylic acids is 1. The van der Waals surface area contributed by atoms with E-state index in [9.17, 15) is 18.0 Å². The van der Waals surface area contributed by atoms with Crippen molar-refractivity contribution in [3.8, 4) is 0 Å². The van der Waals surface area contributed by atoms with Crippen molar-refractivity contribution in [3.05, 3.63) is 29.3 Å². The number of hydrogen-bond acceptors (Lipinski definition) is 2. The maximum absolute atomic E-state index is 12.6. The molecule has 1 rings (SSSR count). The van der Waals surface area contributed by atoms with E-state index in [-0.39, 0.29) is 12.3 Å². The third-order valence-electron chi connectivity index (χ3n) is 2.66. The van der Waals surface area contributed by atoms with Crippen LogP contribution < -0.4 is 10.6 Å². The van der Waals surface area contributed by atoms with Crippen LogP contribution in [0.3, 0.4) is 0 Å². The fraction of sp³-hybridized carbons (Fsp3) is 0.462. The number of carbonyl (C=O) groups is 1. The fourth-order valence-electron chi connectivity index (χ4n) is 1.43. The number of urea groups is 1. The van der Waals surface area contributed by atoms with Gasteiger partial charge in [0.05, 0.1) is 17.7 Å². The van der Waals surface area contributed by atoms with Crippen LogP contribution in [0.25, 0.3) is 0 Å². The molecule has 20 heavy (non-hydrogen) atoms. The molecular weight excluding hydrogens is 273 g/mol. The number of anilines is 1. The highest BCUT2D eigenvalue weighted by atomic mass is 19.4.